The van der Waals surface area contributed by atoms with Crippen molar-refractivity contribution in [3.63, 3.8) is 0 Å². The number of aryl methyl sites for hydroxylation is 4. The van der Waals surface area contributed by atoms with Gasteiger partial charge in [-0.25, -0.2) is 0 Å². The third kappa shape index (κ3) is 4.38. The van der Waals surface area contributed by atoms with E-state index in [2.05, 4.69) is 137 Å². The van der Waals surface area contributed by atoms with Crippen LogP contribution in [-0.4, -0.2) is 0 Å². The molecule has 0 aliphatic rings. The molecule has 0 spiro atoms. The minimum absolute atomic E-state index is 1.28. The first kappa shape index (κ1) is 25.0. The fraction of sp³-hybridized carbons (Fsp3) is 0.105. The lowest BCUT2D eigenvalue weighted by Crippen LogP contribution is -1.86. The summed E-state index contributed by atoms with van der Waals surface area (Å²) in [6, 6.07) is 40.9. The maximum atomic E-state index is 2.43. The fourth-order valence-corrected chi connectivity index (χ4v) is 8.01. The zero-order chi connectivity index (χ0) is 27.4. The van der Waals surface area contributed by atoms with Gasteiger partial charge in [0.05, 0.1) is 0 Å². The highest BCUT2D eigenvalue weighted by Crippen LogP contribution is 2.52. The molecule has 0 aliphatic carbocycles. The molecule has 0 unspecified atom stereocenters. The van der Waals surface area contributed by atoms with E-state index in [1.165, 1.54) is 85.6 Å². The highest BCUT2D eigenvalue weighted by atomic mass is 32.1. The van der Waals surface area contributed by atoms with Crippen LogP contribution >= 0.6 is 22.7 Å². The Kier molecular flexibility index (Phi) is 6.19. The molecule has 40 heavy (non-hydrogen) atoms. The highest BCUT2D eigenvalue weighted by molar-refractivity contribution is 7.25. The third-order valence-corrected chi connectivity index (χ3v) is 10.2. The lowest BCUT2D eigenvalue weighted by molar-refractivity contribution is 1.47. The van der Waals surface area contributed by atoms with Gasteiger partial charge in [0.2, 0.25) is 0 Å². The molecule has 0 amide bonds. The van der Waals surface area contributed by atoms with Crippen LogP contribution in [0.1, 0.15) is 22.3 Å². The van der Waals surface area contributed by atoms with Crippen LogP contribution in [-0.2, 0) is 0 Å². The number of benzene rings is 5. The number of fused-ring (bicyclic) bond motifs is 2. The summed E-state index contributed by atoms with van der Waals surface area (Å²) in [6.07, 6.45) is 0. The maximum absolute atomic E-state index is 2.43. The van der Waals surface area contributed by atoms with Crippen molar-refractivity contribution in [1.29, 1.82) is 0 Å². The number of hydrogen-bond acceptors (Lipinski definition) is 2. The maximum Gasteiger partial charge on any atom is 0.0441 e. The Hall–Kier alpha value is -3.98. The lowest BCUT2D eigenvalue weighted by Gasteiger charge is -2.12. The molecule has 0 atom stereocenters. The average molecular weight is 551 g/mol. The van der Waals surface area contributed by atoms with E-state index in [4.69, 9.17) is 0 Å². The topological polar surface area (TPSA) is 0 Å². The van der Waals surface area contributed by atoms with Gasteiger partial charge in [-0.1, -0.05) is 119 Å². The molecule has 0 nitrogen and oxygen atoms in total. The monoisotopic (exact) mass is 550 g/mol. The number of rotatable bonds is 4. The molecule has 7 aromatic rings. The minimum Gasteiger partial charge on any atom is -0.135 e. The van der Waals surface area contributed by atoms with Crippen molar-refractivity contribution in [2.45, 2.75) is 27.7 Å². The molecule has 0 N–H and O–H groups in total. The molecular weight excluding hydrogens is 521 g/mol. The highest BCUT2D eigenvalue weighted by Gasteiger charge is 2.22. The molecule has 7 rings (SSSR count). The predicted molar refractivity (Wildman–Crippen MR) is 178 cm³/mol. The van der Waals surface area contributed by atoms with Gasteiger partial charge in [0, 0.05) is 41.1 Å². The summed E-state index contributed by atoms with van der Waals surface area (Å²) >= 11 is 3.84. The van der Waals surface area contributed by atoms with Crippen molar-refractivity contribution >= 4 is 42.8 Å². The standard InChI is InChI=1S/C38H30S2/c1-23-5-13-27(14-6-23)33-21-31-35(29-17-9-25(3)10-18-29)38-32(22-34(40-38)28-15-7-24(2)8-16-28)36(37(31)39-33)30-19-11-26(4)12-20-30/h5-22H,1-4H3. The second-order valence-corrected chi connectivity index (χ2v) is 13.0. The van der Waals surface area contributed by atoms with E-state index < -0.39 is 0 Å². The molecule has 0 bridgehead atoms. The minimum atomic E-state index is 1.28. The van der Waals surface area contributed by atoms with Gasteiger partial charge in [-0.3, -0.25) is 0 Å². The summed E-state index contributed by atoms with van der Waals surface area (Å²) < 4.78 is 2.71. The molecule has 0 radical (unpaired) electrons. The zero-order valence-corrected chi connectivity index (χ0v) is 24.8. The first-order chi connectivity index (χ1) is 19.4. The second kappa shape index (κ2) is 9.89. The molecule has 0 saturated carbocycles. The number of hydrogen-bond donors (Lipinski definition) is 0. The molecule has 0 fully saturated rings. The van der Waals surface area contributed by atoms with Gasteiger partial charge in [-0.05, 0) is 62.1 Å². The van der Waals surface area contributed by atoms with Gasteiger partial charge < -0.3 is 0 Å². The Morgan fingerprint density at radius 2 is 0.625 bits per heavy atom. The van der Waals surface area contributed by atoms with E-state index >= 15 is 0 Å². The van der Waals surface area contributed by atoms with Crippen LogP contribution in [0.15, 0.2) is 109 Å². The normalized spacial score (nSPS) is 11.5. The molecule has 0 aliphatic heterocycles. The van der Waals surface area contributed by atoms with Crippen molar-refractivity contribution in [1.82, 2.24) is 0 Å². The summed E-state index contributed by atoms with van der Waals surface area (Å²) in [6.45, 7) is 8.63. The van der Waals surface area contributed by atoms with Crippen LogP contribution in [0.5, 0.6) is 0 Å². The predicted octanol–water partition coefficient (Wildman–Crippen LogP) is 12.0. The molecular formula is C38H30S2. The van der Waals surface area contributed by atoms with Crippen molar-refractivity contribution in [3.8, 4) is 43.1 Å². The lowest BCUT2D eigenvalue weighted by atomic mass is 9.92. The smallest absolute Gasteiger partial charge is 0.0441 e. The van der Waals surface area contributed by atoms with E-state index in [1.54, 1.807) is 0 Å². The average Bonchev–Trinajstić information content (AvgIpc) is 3.59. The molecule has 194 valence electrons. The molecule has 2 heterocycles. The quantitative estimate of drug-likeness (QED) is 0.204. The fourth-order valence-electron chi connectivity index (χ4n) is 5.50. The van der Waals surface area contributed by atoms with Crippen LogP contribution < -0.4 is 0 Å². The van der Waals surface area contributed by atoms with Crippen molar-refractivity contribution < 1.29 is 0 Å². The molecule has 2 heteroatoms. The van der Waals surface area contributed by atoms with Crippen molar-refractivity contribution in [2.24, 2.45) is 0 Å². The van der Waals surface area contributed by atoms with Crippen molar-refractivity contribution in [2.75, 3.05) is 0 Å². The summed E-state index contributed by atoms with van der Waals surface area (Å²) in [5, 5.41) is 2.68. The van der Waals surface area contributed by atoms with Gasteiger partial charge in [0.1, 0.15) is 0 Å². The van der Waals surface area contributed by atoms with Crippen LogP contribution in [0.4, 0.5) is 0 Å². The van der Waals surface area contributed by atoms with Gasteiger partial charge in [-0.15, -0.1) is 22.7 Å². The van der Waals surface area contributed by atoms with Gasteiger partial charge in [-0.2, -0.15) is 0 Å². The van der Waals surface area contributed by atoms with E-state index in [0.29, 0.717) is 0 Å². The SMILES string of the molecule is Cc1ccc(-c2cc3c(-c4ccc(C)cc4)c4sc(-c5ccc(C)cc5)cc4c(-c4ccc(C)cc4)c3s2)cc1. The summed E-state index contributed by atoms with van der Waals surface area (Å²) in [7, 11) is 0. The van der Waals surface area contributed by atoms with Gasteiger partial charge >= 0.3 is 0 Å². The number of thiophene rings is 2. The van der Waals surface area contributed by atoms with E-state index in [-0.39, 0.29) is 0 Å². The Balaban J connectivity index is 1.61. The van der Waals surface area contributed by atoms with E-state index in [1.807, 2.05) is 22.7 Å². The van der Waals surface area contributed by atoms with E-state index in [0.717, 1.165) is 0 Å². The Labute approximate surface area is 244 Å². The largest absolute Gasteiger partial charge is 0.135 e. The summed E-state index contributed by atoms with van der Waals surface area (Å²) in [5.74, 6) is 0. The van der Waals surface area contributed by atoms with Gasteiger partial charge in [0.15, 0.2) is 0 Å². The first-order valence-electron chi connectivity index (χ1n) is 13.8. The summed E-state index contributed by atoms with van der Waals surface area (Å²) in [5.41, 5.74) is 12.9. The van der Waals surface area contributed by atoms with Crippen molar-refractivity contribution in [3.05, 3.63) is 131 Å². The Morgan fingerprint density at radius 1 is 0.350 bits per heavy atom. The van der Waals surface area contributed by atoms with Gasteiger partial charge in [0.25, 0.3) is 0 Å². The third-order valence-electron chi connectivity index (χ3n) is 7.81. The first-order valence-corrected chi connectivity index (χ1v) is 15.4. The zero-order valence-electron chi connectivity index (χ0n) is 23.2. The van der Waals surface area contributed by atoms with E-state index in [9.17, 15) is 0 Å². The summed E-state index contributed by atoms with van der Waals surface area (Å²) in [4.78, 5) is 2.63. The van der Waals surface area contributed by atoms with Crippen LogP contribution in [0, 0.1) is 27.7 Å². The molecule has 5 aromatic carbocycles. The Morgan fingerprint density at radius 3 is 0.925 bits per heavy atom. The van der Waals surface area contributed by atoms with Crippen LogP contribution in [0.2, 0.25) is 0 Å². The molecule has 0 saturated heterocycles. The Bertz CT molecular complexity index is 1780. The van der Waals surface area contributed by atoms with Crippen LogP contribution in [0.3, 0.4) is 0 Å². The van der Waals surface area contributed by atoms with Crippen LogP contribution in [0.25, 0.3) is 63.3 Å². The molecule has 2 aromatic heterocycles. The second-order valence-electron chi connectivity index (χ2n) is 10.9.